The summed E-state index contributed by atoms with van der Waals surface area (Å²) in [5, 5.41) is 41.4. The van der Waals surface area contributed by atoms with E-state index in [0.717, 1.165) is 6.92 Å². The van der Waals surface area contributed by atoms with Gasteiger partial charge in [0.2, 0.25) is 41.2 Å². The van der Waals surface area contributed by atoms with E-state index in [9.17, 15) is 57.8 Å². The second-order valence-corrected chi connectivity index (χ2v) is 14.1. The molecule has 21 heteroatoms. The summed E-state index contributed by atoms with van der Waals surface area (Å²) in [6.07, 6.45) is -0.846. The third kappa shape index (κ3) is 16.0. The third-order valence-electron chi connectivity index (χ3n) is 8.77. The molecule has 0 aromatic rings. The molecule has 56 heavy (non-hydrogen) atoms. The Kier molecular flexibility index (Phi) is 20.2. The predicted octanol–water partition coefficient (Wildman–Crippen LogP) is -1.97. The maximum atomic E-state index is 14.0. The fourth-order valence-electron chi connectivity index (χ4n) is 5.84. The number of hydrogen-bond acceptors (Lipinski definition) is 11. The highest BCUT2D eigenvalue weighted by Crippen LogP contribution is 2.21. The van der Waals surface area contributed by atoms with Crippen molar-refractivity contribution >= 4 is 65.0 Å². The van der Waals surface area contributed by atoms with E-state index in [4.69, 9.17) is 10.2 Å². The van der Waals surface area contributed by atoms with Crippen LogP contribution in [0.4, 0.5) is 0 Å². The van der Waals surface area contributed by atoms with Crippen molar-refractivity contribution in [3.63, 3.8) is 0 Å². The van der Waals surface area contributed by atoms with Crippen LogP contribution in [0.2, 0.25) is 0 Å². The first kappa shape index (κ1) is 48.4. The SMILES string of the molecule is CCCC(NC(=O)[C@@H]1CCCN1C(=O)[C@@H](NC(=O)[C@@H](NC(=O)[C@H](CCC(=O)O)NC(=O)[C@H](CCC(=O)O)NC(C)=O)C(C)C)C(C)C)C(=O)C(=O)NCC(=O)O. The molecule has 0 aromatic carbocycles. The van der Waals surface area contributed by atoms with Crippen LogP contribution in [0.3, 0.4) is 0 Å². The lowest BCUT2D eigenvalue weighted by molar-refractivity contribution is -0.145. The molecule has 1 saturated heterocycles. The average Bonchev–Trinajstić information content (AvgIpc) is 3.60. The van der Waals surface area contributed by atoms with Crippen molar-refractivity contribution in [3.05, 3.63) is 0 Å². The number of carbonyl (C=O) groups is 11. The fraction of sp³-hybridized carbons (Fsp3) is 0.686. The van der Waals surface area contributed by atoms with Crippen LogP contribution in [0, 0.1) is 11.8 Å². The molecule has 314 valence electrons. The fourth-order valence-corrected chi connectivity index (χ4v) is 5.84. The summed E-state index contributed by atoms with van der Waals surface area (Å²) < 4.78 is 0. The maximum Gasteiger partial charge on any atom is 0.322 e. The molecule has 0 bridgehead atoms. The van der Waals surface area contributed by atoms with Crippen LogP contribution in [0.25, 0.3) is 0 Å². The number of Topliss-reactive ketones (excluding diaryl/α,β-unsaturated/α-hetero) is 1. The van der Waals surface area contributed by atoms with Crippen molar-refractivity contribution in [1.82, 2.24) is 36.8 Å². The number of carboxylic acid groups (broad SMARTS) is 3. The van der Waals surface area contributed by atoms with Crippen LogP contribution in [0.15, 0.2) is 0 Å². The van der Waals surface area contributed by atoms with Gasteiger partial charge in [-0.2, -0.15) is 0 Å². The molecule has 0 aromatic heterocycles. The van der Waals surface area contributed by atoms with E-state index in [-0.39, 0.29) is 25.8 Å². The summed E-state index contributed by atoms with van der Waals surface area (Å²) in [5.41, 5.74) is 0. The summed E-state index contributed by atoms with van der Waals surface area (Å²) in [7, 11) is 0. The molecule has 0 spiro atoms. The molecule has 0 radical (unpaired) electrons. The first-order valence-electron chi connectivity index (χ1n) is 18.4. The zero-order chi connectivity index (χ0) is 42.9. The number of likely N-dealkylation sites (tertiary alicyclic amines) is 1. The molecule has 1 fully saturated rings. The van der Waals surface area contributed by atoms with E-state index in [1.165, 1.54) is 4.90 Å². The zero-order valence-corrected chi connectivity index (χ0v) is 32.5. The minimum absolute atomic E-state index is 0.0557. The predicted molar refractivity (Wildman–Crippen MR) is 194 cm³/mol. The highest BCUT2D eigenvalue weighted by Gasteiger charge is 2.41. The lowest BCUT2D eigenvalue weighted by atomic mass is 9.98. The topological polar surface area (TPSA) is 324 Å². The molecule has 1 rings (SSSR count). The van der Waals surface area contributed by atoms with E-state index in [0.29, 0.717) is 12.8 Å². The monoisotopic (exact) mass is 797 g/mol. The molecule has 1 unspecified atom stereocenters. The van der Waals surface area contributed by atoms with Crippen LogP contribution in [0.5, 0.6) is 0 Å². The second-order valence-electron chi connectivity index (χ2n) is 14.1. The normalized spacial score (nSPS) is 16.4. The first-order valence-corrected chi connectivity index (χ1v) is 18.4. The maximum absolute atomic E-state index is 14.0. The molecule has 21 nitrogen and oxygen atoms in total. The molecule has 9 N–H and O–H groups in total. The van der Waals surface area contributed by atoms with Crippen LogP contribution >= 0.6 is 0 Å². The first-order chi connectivity index (χ1) is 26.1. The van der Waals surface area contributed by atoms with Gasteiger partial charge in [0.1, 0.15) is 36.8 Å². The van der Waals surface area contributed by atoms with Gasteiger partial charge in [-0.25, -0.2) is 0 Å². The molecular weight excluding hydrogens is 742 g/mol. The van der Waals surface area contributed by atoms with Crippen LogP contribution in [-0.4, -0.2) is 135 Å². The molecule has 0 saturated carbocycles. The minimum Gasteiger partial charge on any atom is -0.481 e. The Morgan fingerprint density at radius 3 is 1.64 bits per heavy atom. The lowest BCUT2D eigenvalue weighted by Gasteiger charge is -2.33. The lowest BCUT2D eigenvalue weighted by Crippen LogP contribution is -2.61. The largest absolute Gasteiger partial charge is 0.481 e. The van der Waals surface area contributed by atoms with Gasteiger partial charge >= 0.3 is 17.9 Å². The van der Waals surface area contributed by atoms with E-state index < -0.39 is 139 Å². The van der Waals surface area contributed by atoms with Crippen molar-refractivity contribution in [1.29, 1.82) is 0 Å². The number of carbonyl (C=O) groups excluding carboxylic acids is 8. The number of aliphatic carboxylic acids is 3. The molecular formula is C35H55N7O14. The molecule has 1 aliphatic heterocycles. The summed E-state index contributed by atoms with van der Waals surface area (Å²) in [5.74, 6) is -12.1. The van der Waals surface area contributed by atoms with Crippen LogP contribution < -0.4 is 31.9 Å². The average molecular weight is 798 g/mol. The van der Waals surface area contributed by atoms with Gasteiger partial charge in [0, 0.05) is 26.3 Å². The number of amides is 7. The Balaban J connectivity index is 3.22. The van der Waals surface area contributed by atoms with Crippen molar-refractivity contribution < 1.29 is 68.1 Å². The Bertz CT molecular complexity index is 1500. The number of carboxylic acids is 3. The minimum atomic E-state index is -1.54. The Morgan fingerprint density at radius 2 is 1.16 bits per heavy atom. The van der Waals surface area contributed by atoms with Gasteiger partial charge in [-0.05, 0) is 43.9 Å². The molecule has 1 aliphatic rings. The third-order valence-corrected chi connectivity index (χ3v) is 8.77. The molecule has 1 heterocycles. The quantitative estimate of drug-likeness (QED) is 0.0479. The number of nitrogens with one attached hydrogen (secondary N) is 6. The van der Waals surface area contributed by atoms with E-state index in [1.54, 1.807) is 34.6 Å². The summed E-state index contributed by atoms with van der Waals surface area (Å²) >= 11 is 0. The Hall–Kier alpha value is -5.63. The zero-order valence-electron chi connectivity index (χ0n) is 32.5. The Labute approximate surface area is 323 Å². The summed E-state index contributed by atoms with van der Waals surface area (Å²) in [4.78, 5) is 139. The number of ketones is 1. The van der Waals surface area contributed by atoms with Crippen molar-refractivity contribution in [2.24, 2.45) is 11.8 Å². The summed E-state index contributed by atoms with van der Waals surface area (Å²) in [6.45, 7) is 8.54. The molecule has 0 aliphatic carbocycles. The number of rotatable bonds is 24. The number of nitrogens with zero attached hydrogens (tertiary/aromatic N) is 1. The highest BCUT2D eigenvalue weighted by atomic mass is 16.4. The van der Waals surface area contributed by atoms with Gasteiger partial charge in [-0.3, -0.25) is 52.7 Å². The van der Waals surface area contributed by atoms with E-state index in [2.05, 4.69) is 26.6 Å². The van der Waals surface area contributed by atoms with Crippen molar-refractivity contribution in [2.75, 3.05) is 13.1 Å². The second kappa shape index (κ2) is 23.3. The summed E-state index contributed by atoms with van der Waals surface area (Å²) in [6, 6.07) is -7.83. The van der Waals surface area contributed by atoms with Gasteiger partial charge in [0.05, 0.1) is 6.04 Å². The molecule has 6 atom stereocenters. The van der Waals surface area contributed by atoms with Crippen LogP contribution in [0.1, 0.15) is 92.9 Å². The molecule has 7 amide bonds. The standard InChI is InChI=1S/C35H55N7O14/c1-7-9-20(29(50)34(55)36-16-26(48)49)38-32(53)23-10-8-15-42(23)35(56)28(18(4)5)41-33(54)27(17(2)3)40-31(52)22(12-14-25(46)47)39-30(51)21(37-19(6)43)11-13-24(44)45/h17-18,20-23,27-28H,7-16H2,1-6H3,(H,36,55)(H,37,43)(H,38,53)(H,39,51)(H,40,52)(H,41,54)(H,44,45)(H,46,47)(H,48,49)/t20?,21-,22-,23-,27-,28-/m0/s1. The van der Waals surface area contributed by atoms with Gasteiger partial charge in [-0.1, -0.05) is 41.0 Å². The van der Waals surface area contributed by atoms with Gasteiger partial charge < -0.3 is 52.1 Å². The number of hydrogen-bond donors (Lipinski definition) is 9. The van der Waals surface area contributed by atoms with E-state index >= 15 is 0 Å². The van der Waals surface area contributed by atoms with Gasteiger partial charge in [0.25, 0.3) is 5.91 Å². The smallest absolute Gasteiger partial charge is 0.322 e. The van der Waals surface area contributed by atoms with Crippen LogP contribution in [-0.2, 0) is 52.7 Å². The van der Waals surface area contributed by atoms with E-state index in [1.807, 2.05) is 5.32 Å². The Morgan fingerprint density at radius 1 is 0.643 bits per heavy atom. The van der Waals surface area contributed by atoms with Gasteiger partial charge in [-0.15, -0.1) is 0 Å². The highest BCUT2D eigenvalue weighted by molar-refractivity contribution is 6.38. The van der Waals surface area contributed by atoms with Crippen molar-refractivity contribution in [3.8, 4) is 0 Å². The van der Waals surface area contributed by atoms with Gasteiger partial charge in [0.15, 0.2) is 0 Å². The van der Waals surface area contributed by atoms with Crippen molar-refractivity contribution in [2.45, 2.75) is 129 Å².